The average molecular weight is 396 g/mol. The molecular weight excluding hydrogens is 383 g/mol. The van der Waals surface area contributed by atoms with Crippen molar-refractivity contribution in [3.63, 3.8) is 0 Å². The molecule has 1 saturated carbocycles. The first-order valence-corrected chi connectivity index (χ1v) is 7.98. The van der Waals surface area contributed by atoms with Crippen LogP contribution in [0.5, 0.6) is 0 Å². The van der Waals surface area contributed by atoms with Gasteiger partial charge in [0.05, 0.1) is 26.1 Å². The van der Waals surface area contributed by atoms with E-state index in [0.29, 0.717) is 34.5 Å². The molecule has 108 valence electrons. The number of thiocarbonyl (C=S) groups is 1. The normalized spacial score (nSPS) is 24.9. The van der Waals surface area contributed by atoms with Gasteiger partial charge in [-0.1, -0.05) is 58.3 Å². The van der Waals surface area contributed by atoms with Gasteiger partial charge in [0.1, 0.15) is 0 Å². The van der Waals surface area contributed by atoms with Crippen LogP contribution in [0.15, 0.2) is 16.6 Å². The number of rotatable bonds is 3. The maximum absolute atomic E-state index is 12.5. The lowest BCUT2D eigenvalue weighted by atomic mass is 9.62. The van der Waals surface area contributed by atoms with E-state index in [2.05, 4.69) is 28.2 Å². The first-order chi connectivity index (χ1) is 9.26. The highest BCUT2D eigenvalue weighted by atomic mass is 79.9. The van der Waals surface area contributed by atoms with E-state index < -0.39 is 5.41 Å². The van der Waals surface area contributed by atoms with Crippen LogP contribution in [-0.4, -0.2) is 10.9 Å². The van der Waals surface area contributed by atoms with Crippen LogP contribution in [0.4, 0.5) is 5.69 Å². The Labute approximate surface area is 141 Å². The van der Waals surface area contributed by atoms with Crippen LogP contribution in [0, 0.1) is 11.3 Å². The third kappa shape index (κ3) is 2.82. The number of anilines is 1. The second kappa shape index (κ2) is 5.79. The zero-order valence-corrected chi connectivity index (χ0v) is 14.6. The van der Waals surface area contributed by atoms with E-state index in [0.717, 1.165) is 4.47 Å². The molecule has 7 heteroatoms. The first kappa shape index (κ1) is 16.0. The maximum atomic E-state index is 12.5. The van der Waals surface area contributed by atoms with Crippen LogP contribution in [0.25, 0.3) is 0 Å². The number of benzene rings is 1. The quantitative estimate of drug-likeness (QED) is 0.745. The van der Waals surface area contributed by atoms with Gasteiger partial charge in [-0.3, -0.25) is 4.79 Å². The Morgan fingerprint density at radius 2 is 1.95 bits per heavy atom. The fourth-order valence-corrected chi connectivity index (χ4v) is 4.09. The van der Waals surface area contributed by atoms with Gasteiger partial charge in [-0.15, -0.1) is 0 Å². The van der Waals surface area contributed by atoms with E-state index in [1.165, 1.54) is 0 Å². The van der Waals surface area contributed by atoms with Crippen LogP contribution in [0.3, 0.4) is 0 Å². The zero-order valence-electron chi connectivity index (χ0n) is 10.7. The van der Waals surface area contributed by atoms with Crippen LogP contribution < -0.4 is 11.1 Å². The van der Waals surface area contributed by atoms with Crippen LogP contribution in [0.1, 0.15) is 19.8 Å². The van der Waals surface area contributed by atoms with E-state index in [9.17, 15) is 4.79 Å². The molecule has 1 amide bonds. The van der Waals surface area contributed by atoms with Gasteiger partial charge in [0.15, 0.2) is 0 Å². The van der Waals surface area contributed by atoms with Crippen LogP contribution in [-0.2, 0) is 4.79 Å². The molecule has 1 aromatic rings. The van der Waals surface area contributed by atoms with Gasteiger partial charge in [0.2, 0.25) is 5.91 Å². The number of nitrogens with one attached hydrogen (secondary N) is 1. The summed E-state index contributed by atoms with van der Waals surface area (Å²) in [5.41, 5.74) is 5.35. The molecular formula is C13H13BrCl2N2OS. The van der Waals surface area contributed by atoms with Gasteiger partial charge in [0.25, 0.3) is 0 Å². The van der Waals surface area contributed by atoms with Crippen molar-refractivity contribution in [2.75, 3.05) is 5.32 Å². The predicted octanol–water partition coefficient (Wildman–Crippen LogP) is 4.40. The van der Waals surface area contributed by atoms with Crippen molar-refractivity contribution in [1.82, 2.24) is 0 Å². The molecule has 2 rings (SSSR count). The molecule has 0 bridgehead atoms. The van der Waals surface area contributed by atoms with Crippen molar-refractivity contribution in [3.05, 3.63) is 26.7 Å². The Bertz CT molecular complexity index is 565. The molecule has 1 aliphatic carbocycles. The summed E-state index contributed by atoms with van der Waals surface area (Å²) in [5, 5.41) is 3.49. The summed E-state index contributed by atoms with van der Waals surface area (Å²) in [4.78, 5) is 12.7. The van der Waals surface area contributed by atoms with Gasteiger partial charge in [0, 0.05) is 4.47 Å². The summed E-state index contributed by atoms with van der Waals surface area (Å²) in [6.45, 7) is 2.06. The maximum Gasteiger partial charge on any atom is 0.237 e. The van der Waals surface area contributed by atoms with Crippen LogP contribution >= 0.6 is 51.3 Å². The van der Waals surface area contributed by atoms with Crippen molar-refractivity contribution >= 4 is 67.9 Å². The van der Waals surface area contributed by atoms with E-state index in [4.69, 9.17) is 41.2 Å². The van der Waals surface area contributed by atoms with Crippen molar-refractivity contribution in [1.29, 1.82) is 0 Å². The minimum absolute atomic E-state index is 0.220. The Hall–Kier alpha value is -0.360. The van der Waals surface area contributed by atoms with Gasteiger partial charge >= 0.3 is 0 Å². The minimum Gasteiger partial charge on any atom is -0.392 e. The predicted molar refractivity (Wildman–Crippen MR) is 90.4 cm³/mol. The Kier molecular flexibility index (Phi) is 4.64. The van der Waals surface area contributed by atoms with Gasteiger partial charge < -0.3 is 11.1 Å². The highest BCUT2D eigenvalue weighted by Gasteiger charge is 2.51. The second-order valence-corrected chi connectivity index (χ2v) is 7.33. The summed E-state index contributed by atoms with van der Waals surface area (Å²) >= 11 is 20.6. The lowest BCUT2D eigenvalue weighted by molar-refractivity contribution is -0.127. The molecule has 0 heterocycles. The molecule has 0 spiro atoms. The molecule has 1 aromatic carbocycles. The number of carbonyl (C=O) groups is 1. The summed E-state index contributed by atoms with van der Waals surface area (Å²) in [6.07, 6.45) is 1.31. The third-order valence-corrected chi connectivity index (χ3v) is 4.99. The number of halogens is 3. The zero-order chi connectivity index (χ0) is 15.1. The van der Waals surface area contributed by atoms with Crippen molar-refractivity contribution in [3.8, 4) is 0 Å². The molecule has 1 fully saturated rings. The van der Waals surface area contributed by atoms with Crippen molar-refractivity contribution in [2.24, 2.45) is 17.1 Å². The molecule has 0 radical (unpaired) electrons. The standard InChI is InChI=1S/C13H13BrCl2N2OS/c1-6-4-13(5-6,11(17)20)12(19)18-10-8(15)2-7(14)3-9(10)16/h2-3,6H,4-5H2,1H3,(H2,17,20)(H,18,19). The molecule has 0 saturated heterocycles. The molecule has 0 atom stereocenters. The lowest BCUT2D eigenvalue weighted by Crippen LogP contribution is -2.53. The highest BCUT2D eigenvalue weighted by Crippen LogP contribution is 2.47. The topological polar surface area (TPSA) is 55.1 Å². The fraction of sp³-hybridized carbons (Fsp3) is 0.385. The largest absolute Gasteiger partial charge is 0.392 e. The van der Waals surface area contributed by atoms with Gasteiger partial charge in [-0.25, -0.2) is 0 Å². The smallest absolute Gasteiger partial charge is 0.237 e. The number of hydrogen-bond acceptors (Lipinski definition) is 2. The Morgan fingerprint density at radius 1 is 1.45 bits per heavy atom. The monoisotopic (exact) mass is 394 g/mol. The summed E-state index contributed by atoms with van der Waals surface area (Å²) in [7, 11) is 0. The summed E-state index contributed by atoms with van der Waals surface area (Å²) in [5.74, 6) is 0.187. The van der Waals surface area contributed by atoms with E-state index in [-0.39, 0.29) is 10.9 Å². The number of carbonyl (C=O) groups excluding carboxylic acids is 1. The first-order valence-electron chi connectivity index (χ1n) is 6.02. The lowest BCUT2D eigenvalue weighted by Gasteiger charge is -2.44. The molecule has 3 nitrogen and oxygen atoms in total. The Balaban J connectivity index is 2.26. The van der Waals surface area contributed by atoms with Crippen molar-refractivity contribution in [2.45, 2.75) is 19.8 Å². The number of hydrogen-bond donors (Lipinski definition) is 2. The van der Waals surface area contributed by atoms with E-state index >= 15 is 0 Å². The highest BCUT2D eigenvalue weighted by molar-refractivity contribution is 9.10. The van der Waals surface area contributed by atoms with E-state index in [1.807, 2.05) is 0 Å². The second-order valence-electron chi connectivity index (χ2n) is 5.16. The van der Waals surface area contributed by atoms with Gasteiger partial charge in [-0.2, -0.15) is 0 Å². The summed E-state index contributed by atoms with van der Waals surface area (Å²) < 4.78 is 0.742. The molecule has 3 N–H and O–H groups in total. The fourth-order valence-electron chi connectivity index (χ4n) is 2.52. The molecule has 0 unspecified atom stereocenters. The third-order valence-electron chi connectivity index (χ3n) is 3.55. The molecule has 1 aliphatic rings. The Morgan fingerprint density at radius 3 is 2.35 bits per heavy atom. The molecule has 20 heavy (non-hydrogen) atoms. The SMILES string of the molecule is CC1CC(C(=O)Nc2c(Cl)cc(Br)cc2Cl)(C(N)=S)C1. The van der Waals surface area contributed by atoms with Crippen molar-refractivity contribution < 1.29 is 4.79 Å². The molecule has 0 aliphatic heterocycles. The van der Waals surface area contributed by atoms with Crippen LogP contribution in [0.2, 0.25) is 10.0 Å². The summed E-state index contributed by atoms with van der Waals surface area (Å²) in [6, 6.07) is 3.33. The van der Waals surface area contributed by atoms with E-state index in [1.54, 1.807) is 12.1 Å². The molecule has 0 aromatic heterocycles. The number of amides is 1. The minimum atomic E-state index is -0.783. The van der Waals surface area contributed by atoms with Gasteiger partial charge in [-0.05, 0) is 30.9 Å². The number of nitrogens with two attached hydrogens (primary N) is 1. The average Bonchev–Trinajstić information content (AvgIpc) is 2.28.